The van der Waals surface area contributed by atoms with Crippen molar-refractivity contribution in [1.82, 2.24) is 0 Å². The number of hydrogen-bond donors (Lipinski definition) is 0. The van der Waals surface area contributed by atoms with E-state index in [1.54, 1.807) is 0 Å². The number of allylic oxidation sites excluding steroid dienone is 4. The number of rotatable bonds is 6. The van der Waals surface area contributed by atoms with E-state index in [4.69, 9.17) is 5.26 Å². The van der Waals surface area contributed by atoms with Crippen LogP contribution in [0.15, 0.2) is 24.3 Å². The summed E-state index contributed by atoms with van der Waals surface area (Å²) in [4.78, 5) is 0. The Morgan fingerprint density at radius 2 is 1.58 bits per heavy atom. The Morgan fingerprint density at radius 1 is 1.00 bits per heavy atom. The molecule has 0 aliphatic carbocycles. The second-order valence-corrected chi connectivity index (χ2v) is 2.63. The van der Waals surface area contributed by atoms with Gasteiger partial charge in [0.25, 0.3) is 0 Å². The summed E-state index contributed by atoms with van der Waals surface area (Å²) in [5.74, 6) is 0. The lowest BCUT2D eigenvalue weighted by molar-refractivity contribution is 1.00. The first-order valence-electron chi connectivity index (χ1n) is 4.58. The minimum absolute atomic E-state index is 0.640. The molecule has 0 rings (SSSR count). The molecular weight excluding hydrogens is 146 g/mol. The van der Waals surface area contributed by atoms with Gasteiger partial charge < -0.3 is 0 Å². The maximum absolute atomic E-state index is 8.24. The minimum Gasteiger partial charge on any atom is -0.198 e. The average molecular weight is 163 g/mol. The lowest BCUT2D eigenvalue weighted by atomic mass is 10.2. The van der Waals surface area contributed by atoms with Crippen molar-refractivity contribution in [2.24, 2.45) is 0 Å². The Bertz CT molecular complexity index is 172. The molecular formula is C11H17N. The molecule has 0 bridgehead atoms. The number of hydrogen-bond acceptors (Lipinski definition) is 1. The van der Waals surface area contributed by atoms with Crippen molar-refractivity contribution in [1.29, 1.82) is 5.26 Å². The first kappa shape index (κ1) is 11.0. The quantitative estimate of drug-likeness (QED) is 0.433. The molecule has 0 N–H and O–H groups in total. The lowest BCUT2D eigenvalue weighted by Gasteiger charge is -1.86. The van der Waals surface area contributed by atoms with Crippen LogP contribution in [0.2, 0.25) is 0 Å². The maximum Gasteiger partial charge on any atom is 0.0624 e. The van der Waals surface area contributed by atoms with Crippen molar-refractivity contribution in [3.8, 4) is 6.07 Å². The van der Waals surface area contributed by atoms with Gasteiger partial charge in [0.05, 0.1) is 6.07 Å². The molecule has 0 radical (unpaired) electrons. The second kappa shape index (κ2) is 9.97. The number of nitriles is 1. The van der Waals surface area contributed by atoms with Gasteiger partial charge in [0.2, 0.25) is 0 Å². The van der Waals surface area contributed by atoms with Crippen molar-refractivity contribution >= 4 is 0 Å². The van der Waals surface area contributed by atoms with Gasteiger partial charge in [-0.1, -0.05) is 31.2 Å². The number of nitrogens with zero attached hydrogens (tertiary/aromatic N) is 1. The second-order valence-electron chi connectivity index (χ2n) is 2.63. The van der Waals surface area contributed by atoms with Crippen molar-refractivity contribution in [3.05, 3.63) is 24.3 Å². The first-order valence-corrected chi connectivity index (χ1v) is 4.58. The molecule has 0 aliphatic rings. The van der Waals surface area contributed by atoms with Gasteiger partial charge in [0, 0.05) is 6.42 Å². The molecule has 0 atom stereocenters. The van der Waals surface area contributed by atoms with Crippen LogP contribution in [0.5, 0.6) is 0 Å². The summed E-state index contributed by atoms with van der Waals surface area (Å²) in [5, 5.41) is 8.24. The smallest absolute Gasteiger partial charge is 0.0624 e. The van der Waals surface area contributed by atoms with E-state index < -0.39 is 0 Å². The van der Waals surface area contributed by atoms with Gasteiger partial charge in [-0.15, -0.1) is 0 Å². The molecule has 1 heteroatoms. The molecule has 0 heterocycles. The monoisotopic (exact) mass is 163 g/mol. The molecule has 0 amide bonds. The van der Waals surface area contributed by atoms with Crippen molar-refractivity contribution in [3.63, 3.8) is 0 Å². The maximum atomic E-state index is 8.24. The van der Waals surface area contributed by atoms with Crippen LogP contribution in [-0.4, -0.2) is 0 Å². The van der Waals surface area contributed by atoms with Gasteiger partial charge in [0.15, 0.2) is 0 Å². The Labute approximate surface area is 75.4 Å². The highest BCUT2D eigenvalue weighted by Crippen LogP contribution is 1.96. The normalized spacial score (nSPS) is 11.0. The summed E-state index contributed by atoms with van der Waals surface area (Å²) in [6.45, 7) is 2.14. The van der Waals surface area contributed by atoms with E-state index >= 15 is 0 Å². The predicted octanol–water partition coefficient (Wildman–Crippen LogP) is 3.59. The zero-order valence-electron chi connectivity index (χ0n) is 7.79. The van der Waals surface area contributed by atoms with Crippen LogP contribution in [0.3, 0.4) is 0 Å². The highest BCUT2D eigenvalue weighted by molar-refractivity contribution is 4.89. The van der Waals surface area contributed by atoms with E-state index in [1.807, 2.05) is 0 Å². The fraction of sp³-hybridized carbons (Fsp3) is 0.545. The van der Waals surface area contributed by atoms with Crippen LogP contribution in [-0.2, 0) is 0 Å². The highest BCUT2D eigenvalue weighted by Gasteiger charge is 1.78. The van der Waals surface area contributed by atoms with Crippen LogP contribution in [0.1, 0.15) is 39.0 Å². The molecule has 0 unspecified atom stereocenters. The van der Waals surface area contributed by atoms with E-state index in [0.717, 1.165) is 25.7 Å². The van der Waals surface area contributed by atoms with E-state index in [-0.39, 0.29) is 0 Å². The van der Waals surface area contributed by atoms with Crippen molar-refractivity contribution in [2.45, 2.75) is 39.0 Å². The van der Waals surface area contributed by atoms with Gasteiger partial charge in [-0.25, -0.2) is 0 Å². The minimum atomic E-state index is 0.640. The molecule has 66 valence electrons. The predicted molar refractivity (Wildman–Crippen MR) is 52.7 cm³/mol. The van der Waals surface area contributed by atoms with Crippen LogP contribution >= 0.6 is 0 Å². The van der Waals surface area contributed by atoms with E-state index in [2.05, 4.69) is 37.3 Å². The largest absolute Gasteiger partial charge is 0.198 e. The molecule has 0 fully saturated rings. The molecule has 0 saturated carbocycles. The molecule has 0 spiro atoms. The van der Waals surface area contributed by atoms with Gasteiger partial charge in [0.1, 0.15) is 0 Å². The highest BCUT2D eigenvalue weighted by atomic mass is 14.2. The first-order chi connectivity index (χ1) is 5.91. The summed E-state index contributed by atoms with van der Waals surface area (Å²) in [5.41, 5.74) is 0. The average Bonchev–Trinajstić information content (AvgIpc) is 2.10. The third kappa shape index (κ3) is 8.97. The standard InChI is InChI=1S/C11H17N/c1-2-3-4-5-6-7-8-9-10-11-12/h3-4,7-8H,2,5-6,9-10H2,1H3. The Morgan fingerprint density at radius 3 is 2.17 bits per heavy atom. The van der Waals surface area contributed by atoms with Crippen LogP contribution < -0.4 is 0 Å². The Balaban J connectivity index is 3.14. The summed E-state index contributed by atoms with van der Waals surface area (Å²) >= 11 is 0. The van der Waals surface area contributed by atoms with Gasteiger partial charge in [-0.05, 0) is 25.7 Å². The summed E-state index contributed by atoms with van der Waals surface area (Å²) < 4.78 is 0. The Hall–Kier alpha value is -1.03. The van der Waals surface area contributed by atoms with Crippen molar-refractivity contribution < 1.29 is 0 Å². The fourth-order valence-electron chi connectivity index (χ4n) is 0.861. The summed E-state index contributed by atoms with van der Waals surface area (Å²) in [7, 11) is 0. The van der Waals surface area contributed by atoms with Gasteiger partial charge in [-0.2, -0.15) is 5.26 Å². The topological polar surface area (TPSA) is 23.8 Å². The van der Waals surface area contributed by atoms with E-state index in [0.29, 0.717) is 6.42 Å². The van der Waals surface area contributed by atoms with E-state index in [9.17, 15) is 0 Å². The number of unbranched alkanes of at least 4 members (excludes halogenated alkanes) is 2. The molecule has 0 saturated heterocycles. The summed E-state index contributed by atoms with van der Waals surface area (Å²) in [6, 6.07) is 2.11. The molecule has 0 aromatic carbocycles. The lowest BCUT2D eigenvalue weighted by Crippen LogP contribution is -1.67. The Kier molecular flexibility index (Phi) is 9.11. The van der Waals surface area contributed by atoms with Crippen molar-refractivity contribution in [2.75, 3.05) is 0 Å². The van der Waals surface area contributed by atoms with Crippen LogP contribution in [0.25, 0.3) is 0 Å². The summed E-state index contributed by atoms with van der Waals surface area (Å²) in [6.07, 6.45) is 13.5. The third-order valence-corrected chi connectivity index (χ3v) is 1.49. The zero-order valence-corrected chi connectivity index (χ0v) is 7.79. The molecule has 0 aromatic rings. The van der Waals surface area contributed by atoms with Crippen LogP contribution in [0.4, 0.5) is 0 Å². The van der Waals surface area contributed by atoms with Gasteiger partial charge in [-0.3, -0.25) is 0 Å². The molecule has 1 nitrogen and oxygen atoms in total. The van der Waals surface area contributed by atoms with Gasteiger partial charge >= 0.3 is 0 Å². The molecule has 12 heavy (non-hydrogen) atoms. The molecule has 0 aliphatic heterocycles. The zero-order chi connectivity index (χ0) is 9.07. The fourth-order valence-corrected chi connectivity index (χ4v) is 0.861. The third-order valence-electron chi connectivity index (χ3n) is 1.49. The van der Waals surface area contributed by atoms with E-state index in [1.165, 1.54) is 0 Å². The SMILES string of the molecule is CCC=CCCC=CCCC#N. The van der Waals surface area contributed by atoms with Crippen LogP contribution in [0, 0.1) is 11.3 Å². The molecule has 0 aromatic heterocycles.